The Labute approximate surface area is 109 Å². The summed E-state index contributed by atoms with van der Waals surface area (Å²) in [7, 11) is 0. The van der Waals surface area contributed by atoms with Crippen LogP contribution in [0.15, 0.2) is 18.2 Å². The van der Waals surface area contributed by atoms with Gasteiger partial charge in [-0.15, -0.1) is 0 Å². The van der Waals surface area contributed by atoms with Gasteiger partial charge in [0, 0.05) is 10.1 Å². The molecule has 0 spiro atoms. The van der Waals surface area contributed by atoms with Crippen LogP contribution in [0.4, 0.5) is 5.69 Å². The van der Waals surface area contributed by atoms with E-state index in [9.17, 15) is 5.11 Å². The summed E-state index contributed by atoms with van der Waals surface area (Å²) >= 11 is 2.21. The minimum Gasteiger partial charge on any atom is -0.492 e. The van der Waals surface area contributed by atoms with Crippen LogP contribution in [-0.2, 0) is 0 Å². The molecule has 90 valence electrons. The quantitative estimate of drug-likeness (QED) is 0.688. The minimum atomic E-state index is -0.757. The van der Waals surface area contributed by atoms with Crippen molar-refractivity contribution >= 4 is 28.3 Å². The summed E-state index contributed by atoms with van der Waals surface area (Å²) in [4.78, 5) is 0. The predicted octanol–water partition coefficient (Wildman–Crippen LogP) is 1.45. The van der Waals surface area contributed by atoms with E-state index in [2.05, 4.69) is 27.9 Å². The van der Waals surface area contributed by atoms with Crippen LogP contribution in [0.2, 0.25) is 0 Å². The number of hydrogen-bond acceptors (Lipinski definition) is 4. The Bertz CT molecular complexity index is 333. The van der Waals surface area contributed by atoms with Crippen LogP contribution in [0.5, 0.6) is 5.75 Å². The standard InChI is InChI=1S/C11H16INO3/c1-2-16-11-4-3-8(12)5-10(11)13-6-9(15)7-14/h3-5,9,13-15H,2,6-7H2,1H3. The fraction of sp³-hybridized carbons (Fsp3) is 0.455. The van der Waals surface area contributed by atoms with Crippen LogP contribution in [-0.4, -0.2) is 36.1 Å². The van der Waals surface area contributed by atoms with Gasteiger partial charge < -0.3 is 20.3 Å². The SMILES string of the molecule is CCOc1ccc(I)cc1NCC(O)CO. The van der Waals surface area contributed by atoms with Crippen molar-refractivity contribution in [3.05, 3.63) is 21.8 Å². The Morgan fingerprint density at radius 2 is 2.25 bits per heavy atom. The lowest BCUT2D eigenvalue weighted by Gasteiger charge is -2.14. The Morgan fingerprint density at radius 1 is 1.50 bits per heavy atom. The summed E-state index contributed by atoms with van der Waals surface area (Å²) in [6.45, 7) is 2.57. The topological polar surface area (TPSA) is 61.7 Å². The summed E-state index contributed by atoms with van der Waals surface area (Å²) < 4.78 is 6.53. The second-order valence-electron chi connectivity index (χ2n) is 3.29. The Hall–Kier alpha value is -0.530. The van der Waals surface area contributed by atoms with Crippen LogP contribution in [0, 0.1) is 3.57 Å². The molecule has 1 atom stereocenters. The zero-order chi connectivity index (χ0) is 12.0. The molecule has 1 unspecified atom stereocenters. The lowest BCUT2D eigenvalue weighted by molar-refractivity contribution is 0.105. The largest absolute Gasteiger partial charge is 0.492 e. The molecule has 0 bridgehead atoms. The number of halogens is 1. The van der Waals surface area contributed by atoms with Crippen LogP contribution in [0.1, 0.15) is 6.92 Å². The summed E-state index contributed by atoms with van der Waals surface area (Å²) in [5.74, 6) is 0.757. The molecular weight excluding hydrogens is 321 g/mol. The van der Waals surface area contributed by atoms with Gasteiger partial charge in [0.25, 0.3) is 0 Å². The van der Waals surface area contributed by atoms with Gasteiger partial charge in [-0.25, -0.2) is 0 Å². The molecule has 0 radical (unpaired) electrons. The fourth-order valence-electron chi connectivity index (χ4n) is 1.21. The highest BCUT2D eigenvalue weighted by atomic mass is 127. The number of ether oxygens (including phenoxy) is 1. The highest BCUT2D eigenvalue weighted by Crippen LogP contribution is 2.26. The van der Waals surface area contributed by atoms with Gasteiger partial charge in [-0.3, -0.25) is 0 Å². The van der Waals surface area contributed by atoms with Crippen LogP contribution >= 0.6 is 22.6 Å². The van der Waals surface area contributed by atoms with Crippen molar-refractivity contribution in [2.45, 2.75) is 13.0 Å². The van der Waals surface area contributed by atoms with Gasteiger partial charge in [-0.1, -0.05) is 0 Å². The maximum Gasteiger partial charge on any atom is 0.142 e. The molecule has 0 aliphatic rings. The van der Waals surface area contributed by atoms with Crippen molar-refractivity contribution in [1.82, 2.24) is 0 Å². The summed E-state index contributed by atoms with van der Waals surface area (Å²) in [5, 5.41) is 21.0. The molecule has 1 aromatic carbocycles. The van der Waals surface area contributed by atoms with Gasteiger partial charge in [0.15, 0.2) is 0 Å². The number of hydrogen-bond donors (Lipinski definition) is 3. The molecule has 0 aliphatic heterocycles. The van der Waals surface area contributed by atoms with Crippen molar-refractivity contribution in [3.63, 3.8) is 0 Å². The van der Waals surface area contributed by atoms with E-state index in [0.717, 1.165) is 15.0 Å². The molecule has 0 aromatic heterocycles. The maximum atomic E-state index is 9.25. The highest BCUT2D eigenvalue weighted by Gasteiger charge is 2.06. The van der Waals surface area contributed by atoms with Crippen molar-refractivity contribution in [2.24, 2.45) is 0 Å². The average molecular weight is 337 g/mol. The summed E-state index contributed by atoms with van der Waals surface area (Å²) in [6, 6.07) is 5.79. The molecule has 0 heterocycles. The summed E-state index contributed by atoms with van der Waals surface area (Å²) in [6.07, 6.45) is -0.757. The molecule has 4 nitrogen and oxygen atoms in total. The Morgan fingerprint density at radius 3 is 2.88 bits per heavy atom. The fourth-order valence-corrected chi connectivity index (χ4v) is 1.71. The van der Waals surface area contributed by atoms with Gasteiger partial charge in [0.2, 0.25) is 0 Å². The highest BCUT2D eigenvalue weighted by molar-refractivity contribution is 14.1. The number of aliphatic hydroxyl groups is 2. The van der Waals surface area contributed by atoms with E-state index in [4.69, 9.17) is 9.84 Å². The van der Waals surface area contributed by atoms with E-state index >= 15 is 0 Å². The lowest BCUT2D eigenvalue weighted by atomic mass is 10.2. The number of rotatable bonds is 6. The third kappa shape index (κ3) is 4.15. The van der Waals surface area contributed by atoms with E-state index in [1.54, 1.807) is 0 Å². The van der Waals surface area contributed by atoms with Crippen molar-refractivity contribution in [1.29, 1.82) is 0 Å². The molecule has 16 heavy (non-hydrogen) atoms. The first-order chi connectivity index (χ1) is 7.67. The number of nitrogens with one attached hydrogen (secondary N) is 1. The third-order valence-electron chi connectivity index (χ3n) is 1.98. The maximum absolute atomic E-state index is 9.25. The monoisotopic (exact) mass is 337 g/mol. The van der Waals surface area contributed by atoms with Gasteiger partial charge in [0.05, 0.1) is 25.0 Å². The Kier molecular flexibility index (Phi) is 5.86. The van der Waals surface area contributed by atoms with E-state index in [1.807, 2.05) is 25.1 Å². The van der Waals surface area contributed by atoms with Gasteiger partial charge >= 0.3 is 0 Å². The number of benzene rings is 1. The molecule has 0 amide bonds. The summed E-state index contributed by atoms with van der Waals surface area (Å²) in [5.41, 5.74) is 0.834. The second-order valence-corrected chi connectivity index (χ2v) is 4.54. The molecule has 1 rings (SSSR count). The first-order valence-corrected chi connectivity index (χ1v) is 6.20. The molecule has 1 aromatic rings. The van der Waals surface area contributed by atoms with E-state index < -0.39 is 6.10 Å². The van der Waals surface area contributed by atoms with E-state index in [0.29, 0.717) is 13.2 Å². The van der Waals surface area contributed by atoms with Crippen molar-refractivity contribution in [2.75, 3.05) is 25.1 Å². The minimum absolute atomic E-state index is 0.249. The molecule has 0 fully saturated rings. The molecule has 3 N–H and O–H groups in total. The zero-order valence-corrected chi connectivity index (χ0v) is 11.3. The Balaban J connectivity index is 2.71. The molecule has 0 saturated carbocycles. The molecule has 0 saturated heterocycles. The number of aliphatic hydroxyl groups excluding tert-OH is 2. The first kappa shape index (κ1) is 13.5. The van der Waals surface area contributed by atoms with Crippen LogP contribution < -0.4 is 10.1 Å². The van der Waals surface area contributed by atoms with E-state index in [-0.39, 0.29) is 6.61 Å². The van der Waals surface area contributed by atoms with Gasteiger partial charge in [-0.05, 0) is 47.7 Å². The average Bonchev–Trinajstić information content (AvgIpc) is 2.29. The smallest absolute Gasteiger partial charge is 0.142 e. The van der Waals surface area contributed by atoms with E-state index in [1.165, 1.54) is 0 Å². The second kappa shape index (κ2) is 6.93. The van der Waals surface area contributed by atoms with Crippen LogP contribution in [0.25, 0.3) is 0 Å². The predicted molar refractivity (Wildman–Crippen MR) is 71.9 cm³/mol. The van der Waals surface area contributed by atoms with Crippen LogP contribution in [0.3, 0.4) is 0 Å². The molecule has 0 aliphatic carbocycles. The first-order valence-electron chi connectivity index (χ1n) is 5.12. The molecule has 5 heteroatoms. The normalized spacial score (nSPS) is 12.2. The zero-order valence-electron chi connectivity index (χ0n) is 9.11. The van der Waals surface area contributed by atoms with Crippen molar-refractivity contribution in [3.8, 4) is 5.75 Å². The molecular formula is C11H16INO3. The van der Waals surface area contributed by atoms with Gasteiger partial charge in [0.1, 0.15) is 5.75 Å². The van der Waals surface area contributed by atoms with Crippen molar-refractivity contribution < 1.29 is 14.9 Å². The lowest BCUT2D eigenvalue weighted by Crippen LogP contribution is -2.23. The third-order valence-corrected chi connectivity index (χ3v) is 2.65. The number of anilines is 1. The van der Waals surface area contributed by atoms with Gasteiger partial charge in [-0.2, -0.15) is 0 Å².